The Kier molecular flexibility index (Phi) is 39.9. The summed E-state index contributed by atoms with van der Waals surface area (Å²) in [5, 5.41) is 22.5. The van der Waals surface area contributed by atoms with Gasteiger partial charge in [-0.05, 0) is 70.3 Å². The summed E-state index contributed by atoms with van der Waals surface area (Å²) in [6.07, 6.45) is 46.6. The molecule has 2 amide bonds. The minimum atomic E-state index is -1.38. The Labute approximate surface area is 343 Å². The molecule has 326 valence electrons. The number of unbranched alkanes of at least 4 members (excludes halogenated alkanes) is 26. The number of carbonyl (C=O) groups excluding carboxylic acids is 3. The highest BCUT2D eigenvalue weighted by atomic mass is 16.5. The number of rotatable bonds is 42. The lowest BCUT2D eigenvalue weighted by Gasteiger charge is -2.15. The molecule has 0 saturated carbocycles. The smallest absolute Gasteiger partial charge is 0.328 e. The lowest BCUT2D eigenvalue weighted by atomic mass is 10.0. The van der Waals surface area contributed by atoms with E-state index in [0.717, 1.165) is 57.8 Å². The lowest BCUT2D eigenvalue weighted by molar-refractivity contribution is -0.147. The average molecular weight is 791 g/mol. The van der Waals surface area contributed by atoms with E-state index in [2.05, 4.69) is 48.8 Å². The molecule has 4 N–H and O–H groups in total. The van der Waals surface area contributed by atoms with Gasteiger partial charge in [0, 0.05) is 12.8 Å². The van der Waals surface area contributed by atoms with Crippen molar-refractivity contribution >= 4 is 23.8 Å². The fraction of sp³-hybridized carbons (Fsp3) is 0.830. The van der Waals surface area contributed by atoms with Crippen molar-refractivity contribution in [1.82, 2.24) is 10.6 Å². The van der Waals surface area contributed by atoms with Crippen LogP contribution >= 0.6 is 0 Å². The van der Waals surface area contributed by atoms with Crippen LogP contribution in [0.25, 0.3) is 0 Å². The molecule has 0 spiro atoms. The van der Waals surface area contributed by atoms with Crippen LogP contribution in [0.2, 0.25) is 0 Å². The fourth-order valence-electron chi connectivity index (χ4n) is 6.80. The van der Waals surface area contributed by atoms with Crippen molar-refractivity contribution in [2.75, 3.05) is 13.2 Å². The number of esters is 1. The monoisotopic (exact) mass is 791 g/mol. The zero-order valence-corrected chi connectivity index (χ0v) is 36.1. The number of nitrogens with one attached hydrogen (secondary N) is 2. The van der Waals surface area contributed by atoms with Crippen molar-refractivity contribution in [2.45, 2.75) is 238 Å². The first-order chi connectivity index (χ1) is 27.3. The Balaban J connectivity index is 4.21. The van der Waals surface area contributed by atoms with E-state index in [0.29, 0.717) is 19.3 Å². The van der Waals surface area contributed by atoms with Gasteiger partial charge in [-0.1, -0.05) is 167 Å². The van der Waals surface area contributed by atoms with Crippen LogP contribution in [0.15, 0.2) is 24.3 Å². The molecular formula is C47H86N2O7. The highest BCUT2D eigenvalue weighted by molar-refractivity contribution is 5.87. The summed E-state index contributed by atoms with van der Waals surface area (Å²) in [4.78, 5) is 47.5. The predicted molar refractivity (Wildman–Crippen MR) is 232 cm³/mol. The van der Waals surface area contributed by atoms with Crippen LogP contribution in [-0.4, -0.2) is 59.3 Å². The second kappa shape index (κ2) is 41.9. The third-order valence-electron chi connectivity index (χ3n) is 10.4. The number of hydrogen-bond donors (Lipinski definition) is 4. The van der Waals surface area contributed by atoms with Crippen LogP contribution in [0.5, 0.6) is 0 Å². The number of allylic oxidation sites excluding steroid dienone is 3. The molecule has 0 aliphatic rings. The third kappa shape index (κ3) is 38.2. The maximum Gasteiger partial charge on any atom is 0.328 e. The second-order valence-corrected chi connectivity index (χ2v) is 15.8. The van der Waals surface area contributed by atoms with E-state index in [1.807, 2.05) is 0 Å². The fourth-order valence-corrected chi connectivity index (χ4v) is 6.80. The Morgan fingerprint density at radius 2 is 0.964 bits per heavy atom. The molecule has 0 aliphatic carbocycles. The number of aliphatic carboxylic acids is 1. The van der Waals surface area contributed by atoms with E-state index in [9.17, 15) is 19.2 Å². The van der Waals surface area contributed by atoms with Crippen molar-refractivity contribution in [3.63, 3.8) is 0 Å². The van der Waals surface area contributed by atoms with E-state index in [1.54, 1.807) is 0 Å². The van der Waals surface area contributed by atoms with E-state index in [-0.39, 0.29) is 24.5 Å². The summed E-state index contributed by atoms with van der Waals surface area (Å²) in [7, 11) is 0. The van der Waals surface area contributed by atoms with Gasteiger partial charge in [0.15, 0.2) is 0 Å². The zero-order chi connectivity index (χ0) is 41.2. The summed E-state index contributed by atoms with van der Waals surface area (Å²) in [5.74, 6) is -2.32. The van der Waals surface area contributed by atoms with Gasteiger partial charge >= 0.3 is 11.9 Å². The molecule has 2 unspecified atom stereocenters. The molecule has 0 aliphatic heterocycles. The van der Waals surface area contributed by atoms with Gasteiger partial charge in [-0.3, -0.25) is 14.4 Å². The summed E-state index contributed by atoms with van der Waals surface area (Å²) < 4.78 is 5.96. The molecule has 0 rings (SSSR count). The first kappa shape index (κ1) is 53.3. The molecule has 0 aromatic carbocycles. The van der Waals surface area contributed by atoms with Crippen molar-refractivity contribution in [3.8, 4) is 0 Å². The molecule has 0 aromatic heterocycles. The highest BCUT2D eigenvalue weighted by Crippen LogP contribution is 2.16. The van der Waals surface area contributed by atoms with Gasteiger partial charge < -0.3 is 25.6 Å². The number of amides is 2. The number of hydrogen-bond acceptors (Lipinski definition) is 6. The molecule has 0 radical (unpaired) electrons. The maximum atomic E-state index is 12.8. The molecule has 9 nitrogen and oxygen atoms in total. The molecular weight excluding hydrogens is 705 g/mol. The molecule has 0 fully saturated rings. The van der Waals surface area contributed by atoms with E-state index >= 15 is 0 Å². The summed E-state index contributed by atoms with van der Waals surface area (Å²) >= 11 is 0. The number of carbonyl (C=O) groups is 4. The zero-order valence-electron chi connectivity index (χ0n) is 36.1. The minimum Gasteiger partial charge on any atom is -0.480 e. The minimum absolute atomic E-state index is 0.0790. The predicted octanol–water partition coefficient (Wildman–Crippen LogP) is 11.6. The molecule has 0 heterocycles. The standard InChI is InChI=1S/C47H86N2O7/c1-3-5-7-9-11-13-14-15-16-17-18-19-20-21-23-25-31-35-39-46(53)56-42(36-32-28-24-22-12-10-8-6-4-2)37-33-29-26-27-30-34-38-44(51)48-40-45(52)49-43(41-50)47(54)55/h16-17,32,36,42-43,50H,3-15,18-31,33-35,37-41H2,1-2H3,(H,48,51)(H,49,52)(H,54,55)/b17-16-,36-32-. The second-order valence-electron chi connectivity index (χ2n) is 15.8. The average Bonchev–Trinajstić information content (AvgIpc) is 3.18. The van der Waals surface area contributed by atoms with Crippen molar-refractivity contribution in [1.29, 1.82) is 0 Å². The van der Waals surface area contributed by atoms with E-state index in [4.69, 9.17) is 14.9 Å². The van der Waals surface area contributed by atoms with Crippen LogP contribution in [0.3, 0.4) is 0 Å². The van der Waals surface area contributed by atoms with Crippen LogP contribution in [0.4, 0.5) is 0 Å². The van der Waals surface area contributed by atoms with Crippen LogP contribution in [0, 0.1) is 0 Å². The van der Waals surface area contributed by atoms with Gasteiger partial charge in [0.05, 0.1) is 13.2 Å². The normalized spacial score (nSPS) is 12.6. The third-order valence-corrected chi connectivity index (χ3v) is 10.4. The van der Waals surface area contributed by atoms with Crippen LogP contribution in [0.1, 0.15) is 226 Å². The van der Waals surface area contributed by atoms with Gasteiger partial charge in [0.1, 0.15) is 12.1 Å². The Bertz CT molecular complexity index is 999. The molecule has 0 aromatic rings. The Morgan fingerprint density at radius 3 is 1.45 bits per heavy atom. The summed E-state index contributed by atoms with van der Waals surface area (Å²) in [6.45, 7) is 3.49. The lowest BCUT2D eigenvalue weighted by Crippen LogP contribution is -2.47. The number of aliphatic hydroxyl groups excluding tert-OH is 1. The first-order valence-corrected chi connectivity index (χ1v) is 23.2. The largest absolute Gasteiger partial charge is 0.480 e. The Morgan fingerprint density at radius 1 is 0.536 bits per heavy atom. The number of carboxylic acids is 1. The number of ether oxygens (including phenoxy) is 1. The Hall–Kier alpha value is -2.68. The number of aliphatic hydroxyl groups is 1. The van der Waals surface area contributed by atoms with Crippen LogP contribution in [-0.2, 0) is 23.9 Å². The van der Waals surface area contributed by atoms with Crippen molar-refractivity contribution < 1.29 is 34.1 Å². The van der Waals surface area contributed by atoms with Gasteiger partial charge in [0.25, 0.3) is 0 Å². The first-order valence-electron chi connectivity index (χ1n) is 23.2. The van der Waals surface area contributed by atoms with Crippen LogP contribution < -0.4 is 10.6 Å². The maximum absolute atomic E-state index is 12.8. The van der Waals surface area contributed by atoms with Gasteiger partial charge in [-0.15, -0.1) is 0 Å². The molecule has 2 atom stereocenters. The van der Waals surface area contributed by atoms with Crippen molar-refractivity contribution in [3.05, 3.63) is 24.3 Å². The summed E-state index contributed by atoms with van der Waals surface area (Å²) in [5.41, 5.74) is 0. The van der Waals surface area contributed by atoms with Gasteiger partial charge in [-0.25, -0.2) is 4.79 Å². The highest BCUT2D eigenvalue weighted by Gasteiger charge is 2.18. The quantitative estimate of drug-likeness (QED) is 0.0274. The summed E-state index contributed by atoms with van der Waals surface area (Å²) in [6, 6.07) is -1.38. The van der Waals surface area contributed by atoms with Gasteiger partial charge in [0.2, 0.25) is 11.8 Å². The number of carboxylic acid groups (broad SMARTS) is 1. The topological polar surface area (TPSA) is 142 Å². The SMILES string of the molecule is CCCCCCCCC/C=C\CCCCCCCCCC(=O)OC(/C=C\CCCCCCCCC)CCCCCCCCC(=O)NCC(=O)NC(CO)C(=O)O. The van der Waals surface area contributed by atoms with Crippen molar-refractivity contribution in [2.24, 2.45) is 0 Å². The molecule has 0 saturated heterocycles. The molecule has 56 heavy (non-hydrogen) atoms. The van der Waals surface area contributed by atoms with Gasteiger partial charge in [-0.2, -0.15) is 0 Å². The van der Waals surface area contributed by atoms with E-state index in [1.165, 1.54) is 135 Å². The van der Waals surface area contributed by atoms with E-state index < -0.39 is 24.5 Å². The molecule has 0 bridgehead atoms. The molecule has 9 heteroatoms.